The summed E-state index contributed by atoms with van der Waals surface area (Å²) in [5.41, 5.74) is 0.192. The lowest BCUT2D eigenvalue weighted by Gasteiger charge is -2.26. The molecular weight excluding hydrogens is 204 g/mol. The van der Waals surface area contributed by atoms with Gasteiger partial charge in [-0.2, -0.15) is 0 Å². The van der Waals surface area contributed by atoms with Crippen LogP contribution in [0.2, 0.25) is 0 Å². The number of rotatable bonds is 1. The van der Waals surface area contributed by atoms with E-state index in [2.05, 4.69) is 0 Å². The van der Waals surface area contributed by atoms with Gasteiger partial charge in [-0.05, 0) is 18.6 Å². The van der Waals surface area contributed by atoms with Gasteiger partial charge in [-0.25, -0.2) is 13.6 Å². The molecule has 2 rings (SSSR count). The van der Waals surface area contributed by atoms with Crippen LogP contribution in [0.5, 0.6) is 0 Å². The molecule has 0 aliphatic carbocycles. The van der Waals surface area contributed by atoms with Crippen LogP contribution in [0, 0.1) is 11.6 Å². The Morgan fingerprint density at radius 1 is 1.20 bits per heavy atom. The molecule has 1 aliphatic heterocycles. The maximum absolute atomic E-state index is 12.9. The molecule has 15 heavy (non-hydrogen) atoms. The van der Waals surface area contributed by atoms with Gasteiger partial charge in [0, 0.05) is 12.6 Å². The smallest absolute Gasteiger partial charge is 0.414 e. The van der Waals surface area contributed by atoms with E-state index in [1.54, 1.807) is 0 Å². The number of nitrogens with zero attached hydrogens (tertiary/aromatic N) is 1. The molecule has 80 valence electrons. The predicted molar refractivity (Wildman–Crippen MR) is 49.7 cm³/mol. The van der Waals surface area contributed by atoms with Gasteiger partial charge in [0.15, 0.2) is 0 Å². The van der Waals surface area contributed by atoms with Crippen molar-refractivity contribution in [2.24, 2.45) is 0 Å². The zero-order valence-corrected chi connectivity index (χ0v) is 7.87. The molecule has 1 aliphatic rings. The Bertz CT molecular complexity index is 375. The first-order chi connectivity index (χ1) is 7.16. The second-order valence-corrected chi connectivity index (χ2v) is 3.25. The average molecular weight is 213 g/mol. The Kier molecular flexibility index (Phi) is 2.53. The average Bonchev–Trinajstić information content (AvgIpc) is 2.16. The third-order valence-corrected chi connectivity index (χ3v) is 2.13. The van der Waals surface area contributed by atoms with Crippen molar-refractivity contribution < 1.29 is 18.3 Å². The molecule has 1 aromatic rings. The molecule has 0 aromatic heterocycles. The second kappa shape index (κ2) is 3.84. The summed E-state index contributed by atoms with van der Waals surface area (Å²) >= 11 is 0. The van der Waals surface area contributed by atoms with E-state index in [0.717, 1.165) is 18.2 Å². The zero-order chi connectivity index (χ0) is 10.8. The van der Waals surface area contributed by atoms with Gasteiger partial charge in [0.05, 0.1) is 12.3 Å². The predicted octanol–water partition coefficient (Wildman–Crippen LogP) is 2.31. The van der Waals surface area contributed by atoms with Gasteiger partial charge in [0.1, 0.15) is 11.6 Å². The number of amides is 1. The van der Waals surface area contributed by atoms with Gasteiger partial charge in [0.2, 0.25) is 0 Å². The number of carbonyl (C=O) groups is 1. The van der Waals surface area contributed by atoms with Crippen molar-refractivity contribution in [2.45, 2.75) is 6.42 Å². The first-order valence-corrected chi connectivity index (χ1v) is 4.57. The molecule has 0 bridgehead atoms. The Labute approximate surface area is 85.3 Å². The van der Waals surface area contributed by atoms with Crippen molar-refractivity contribution in [1.29, 1.82) is 0 Å². The maximum Gasteiger partial charge on any atom is 0.414 e. The molecule has 1 saturated heterocycles. The van der Waals surface area contributed by atoms with Crippen molar-refractivity contribution in [3.63, 3.8) is 0 Å². The minimum absolute atomic E-state index is 0.192. The van der Waals surface area contributed by atoms with Crippen LogP contribution in [0.3, 0.4) is 0 Å². The van der Waals surface area contributed by atoms with Crippen LogP contribution in [-0.4, -0.2) is 19.2 Å². The Hall–Kier alpha value is -1.65. The van der Waals surface area contributed by atoms with Crippen LogP contribution < -0.4 is 4.90 Å². The van der Waals surface area contributed by atoms with Crippen LogP contribution in [0.25, 0.3) is 0 Å². The summed E-state index contributed by atoms with van der Waals surface area (Å²) in [5, 5.41) is 0. The maximum atomic E-state index is 12.9. The Balaban J connectivity index is 2.31. The summed E-state index contributed by atoms with van der Waals surface area (Å²) in [6.07, 6.45) is 0.0930. The van der Waals surface area contributed by atoms with E-state index in [1.807, 2.05) is 0 Å². The molecule has 0 atom stereocenters. The molecule has 1 heterocycles. The van der Waals surface area contributed by atoms with E-state index in [0.29, 0.717) is 19.6 Å². The lowest BCUT2D eigenvalue weighted by molar-refractivity contribution is 0.140. The molecule has 0 N–H and O–H groups in total. The topological polar surface area (TPSA) is 29.5 Å². The van der Waals surface area contributed by atoms with Gasteiger partial charge < -0.3 is 4.74 Å². The number of halogens is 2. The molecule has 1 fully saturated rings. The highest BCUT2D eigenvalue weighted by atomic mass is 19.1. The first-order valence-electron chi connectivity index (χ1n) is 4.57. The molecule has 5 heteroatoms. The third kappa shape index (κ3) is 2.06. The van der Waals surface area contributed by atoms with Gasteiger partial charge >= 0.3 is 6.09 Å². The van der Waals surface area contributed by atoms with Crippen LogP contribution >= 0.6 is 0 Å². The van der Waals surface area contributed by atoms with Gasteiger partial charge in [-0.3, -0.25) is 4.90 Å². The van der Waals surface area contributed by atoms with Crippen LogP contribution in [0.15, 0.2) is 18.2 Å². The molecule has 0 radical (unpaired) electrons. The minimum atomic E-state index is -0.705. The quantitative estimate of drug-likeness (QED) is 0.716. The molecular formula is C10H9F2NO2. The van der Waals surface area contributed by atoms with E-state index in [1.165, 1.54) is 4.90 Å². The van der Waals surface area contributed by atoms with E-state index in [-0.39, 0.29) is 5.69 Å². The van der Waals surface area contributed by atoms with Crippen molar-refractivity contribution >= 4 is 11.8 Å². The summed E-state index contributed by atoms with van der Waals surface area (Å²) in [4.78, 5) is 12.5. The number of hydrogen-bond donors (Lipinski definition) is 0. The van der Waals surface area contributed by atoms with Gasteiger partial charge in [0.25, 0.3) is 0 Å². The molecule has 0 spiro atoms. The summed E-state index contributed by atoms with van der Waals surface area (Å²) in [6, 6.07) is 2.98. The number of carbonyl (C=O) groups excluding carboxylic acids is 1. The van der Waals surface area contributed by atoms with E-state index in [9.17, 15) is 13.6 Å². The first kappa shape index (κ1) is 9.89. The van der Waals surface area contributed by atoms with E-state index < -0.39 is 17.7 Å². The SMILES string of the molecule is O=C1OCCCN1c1cc(F)cc(F)c1. The standard InChI is InChI=1S/C10H9F2NO2/c11-7-4-8(12)6-9(5-7)13-2-1-3-15-10(13)14/h4-6H,1-3H2. The number of ether oxygens (including phenoxy) is 1. The second-order valence-electron chi connectivity index (χ2n) is 3.25. The van der Waals surface area contributed by atoms with Crippen molar-refractivity contribution in [1.82, 2.24) is 0 Å². The minimum Gasteiger partial charge on any atom is -0.449 e. The monoisotopic (exact) mass is 213 g/mol. The molecule has 3 nitrogen and oxygen atoms in total. The fourth-order valence-electron chi connectivity index (χ4n) is 1.48. The Morgan fingerprint density at radius 2 is 1.87 bits per heavy atom. The third-order valence-electron chi connectivity index (χ3n) is 2.13. The summed E-state index contributed by atoms with van der Waals surface area (Å²) < 4.78 is 30.5. The van der Waals surface area contributed by atoms with Crippen molar-refractivity contribution in [2.75, 3.05) is 18.1 Å². The normalized spacial score (nSPS) is 16.4. The van der Waals surface area contributed by atoms with Gasteiger partial charge in [-0.15, -0.1) is 0 Å². The number of benzene rings is 1. The fourth-order valence-corrected chi connectivity index (χ4v) is 1.48. The van der Waals surface area contributed by atoms with Crippen LogP contribution in [0.4, 0.5) is 19.3 Å². The lowest BCUT2D eigenvalue weighted by Crippen LogP contribution is -2.37. The number of cyclic esters (lactones) is 1. The highest BCUT2D eigenvalue weighted by molar-refractivity contribution is 5.88. The Morgan fingerprint density at radius 3 is 2.47 bits per heavy atom. The van der Waals surface area contributed by atoms with Crippen molar-refractivity contribution in [3.05, 3.63) is 29.8 Å². The highest BCUT2D eigenvalue weighted by Gasteiger charge is 2.22. The molecule has 0 saturated carbocycles. The summed E-state index contributed by atoms with van der Waals surface area (Å²) in [6.45, 7) is 0.773. The number of anilines is 1. The fraction of sp³-hybridized carbons (Fsp3) is 0.300. The largest absolute Gasteiger partial charge is 0.449 e. The highest BCUT2D eigenvalue weighted by Crippen LogP contribution is 2.20. The number of hydrogen-bond acceptors (Lipinski definition) is 2. The van der Waals surface area contributed by atoms with Crippen LogP contribution in [0.1, 0.15) is 6.42 Å². The molecule has 1 amide bonds. The lowest BCUT2D eigenvalue weighted by atomic mass is 10.2. The van der Waals surface area contributed by atoms with E-state index in [4.69, 9.17) is 4.74 Å². The van der Waals surface area contributed by atoms with Gasteiger partial charge in [-0.1, -0.05) is 0 Å². The molecule has 1 aromatic carbocycles. The van der Waals surface area contributed by atoms with Crippen LogP contribution in [-0.2, 0) is 4.74 Å². The van der Waals surface area contributed by atoms with E-state index >= 15 is 0 Å². The zero-order valence-electron chi connectivity index (χ0n) is 7.87. The summed E-state index contributed by atoms with van der Waals surface area (Å²) in [7, 11) is 0. The summed E-state index contributed by atoms with van der Waals surface area (Å²) in [5.74, 6) is -1.41. The van der Waals surface area contributed by atoms with Crippen molar-refractivity contribution in [3.8, 4) is 0 Å². The molecule has 0 unspecified atom stereocenters.